The topological polar surface area (TPSA) is 138 Å². The number of rotatable bonds is 11. The lowest BCUT2D eigenvalue weighted by atomic mass is 9.46. The van der Waals surface area contributed by atoms with Crippen LogP contribution in [0, 0.1) is 17.7 Å². The number of hydrogen-bond donors (Lipinski definition) is 3. The van der Waals surface area contributed by atoms with E-state index < -0.39 is 75.3 Å². The minimum atomic E-state index is -1.19. The average Bonchev–Trinajstić information content (AvgIpc) is 1.62. The van der Waals surface area contributed by atoms with E-state index in [1.165, 1.54) is 48.9 Å². The molecule has 10 fully saturated rings. The summed E-state index contributed by atoms with van der Waals surface area (Å²) in [5, 5.41) is 41.0. The molecule has 4 bridgehead atoms. The molecule has 18 rings (SSSR count). The highest BCUT2D eigenvalue weighted by atomic mass is 35.5. The van der Waals surface area contributed by atoms with Gasteiger partial charge >= 0.3 is 0 Å². The third-order valence-electron chi connectivity index (χ3n) is 24.3. The molecule has 4 saturated carbocycles. The maximum absolute atomic E-state index is 15.5. The molecule has 6 aliphatic carbocycles. The van der Waals surface area contributed by atoms with Gasteiger partial charge in [0.2, 0.25) is 0 Å². The van der Waals surface area contributed by atoms with Gasteiger partial charge in [0.15, 0.2) is 23.0 Å². The third-order valence-corrected chi connectivity index (χ3v) is 24.6. The lowest BCUT2D eigenvalue weighted by molar-refractivity contribution is -0.287. The van der Waals surface area contributed by atoms with E-state index in [-0.39, 0.29) is 17.9 Å². The first kappa shape index (κ1) is 50.2. The zero-order valence-electron chi connectivity index (χ0n) is 46.4. The summed E-state index contributed by atoms with van der Waals surface area (Å²) in [5.74, 6) is 3.66. The molecule has 0 radical (unpaired) electrons. The number of ether oxygens (including phenoxy) is 7. The molecule has 0 aromatic heterocycles. The molecule has 4 aromatic carbocycles. The quantitative estimate of drug-likeness (QED) is 0.137. The molecule has 14 nitrogen and oxygen atoms in total. The number of hydrogen-bond acceptors (Lipinski definition) is 14. The van der Waals surface area contributed by atoms with Crippen LogP contribution in [0.1, 0.15) is 117 Å². The Kier molecular flexibility index (Phi) is 10.3. The van der Waals surface area contributed by atoms with Crippen molar-refractivity contribution in [3.05, 3.63) is 117 Å². The Bertz CT molecular complexity index is 3160. The molecule has 8 heterocycles. The van der Waals surface area contributed by atoms with Crippen LogP contribution in [0.3, 0.4) is 0 Å². The van der Waals surface area contributed by atoms with Gasteiger partial charge in [-0.3, -0.25) is 9.80 Å². The van der Waals surface area contributed by atoms with Crippen LogP contribution in [0.25, 0.3) is 0 Å². The second kappa shape index (κ2) is 16.7. The normalized spacial score (nSPS) is 42.6. The van der Waals surface area contributed by atoms with E-state index in [1.54, 1.807) is 14.2 Å². The van der Waals surface area contributed by atoms with Crippen LogP contribution in [-0.4, -0.2) is 160 Å². The minimum absolute atomic E-state index is 0.106. The van der Waals surface area contributed by atoms with Gasteiger partial charge in [-0.2, -0.15) is 0 Å². The van der Waals surface area contributed by atoms with Crippen LogP contribution in [0.15, 0.2) is 72.8 Å². The van der Waals surface area contributed by atoms with Crippen LogP contribution >= 0.6 is 11.6 Å². The molecule has 3 N–H and O–H groups in total. The second-order valence-corrected chi connectivity index (χ2v) is 28.1. The molecule has 14 aliphatic rings. The molecule has 16 heteroatoms. The monoisotopic (exact) mass is 1120 g/mol. The highest BCUT2D eigenvalue weighted by Crippen LogP contribution is 2.76. The highest BCUT2D eigenvalue weighted by Gasteiger charge is 2.88. The summed E-state index contributed by atoms with van der Waals surface area (Å²) in [6.07, 6.45) is 7.48. The molecule has 4 unspecified atom stereocenters. The molecular weight excluding hydrogens is 1050 g/mol. The van der Waals surface area contributed by atoms with Crippen molar-refractivity contribution in [3.8, 4) is 23.0 Å². The molecule has 6 saturated heterocycles. The number of fused-ring (bicyclic) bond motifs is 4. The number of halogens is 2. The van der Waals surface area contributed by atoms with Gasteiger partial charge in [0, 0.05) is 61.0 Å². The van der Waals surface area contributed by atoms with Crippen molar-refractivity contribution >= 4 is 11.6 Å². The number of benzene rings is 4. The standard InChI is InChI=1S/C65H74ClFN4O10/c1-75-45-17-7-39-33-47-64(73)21-19-62(53-59(64,49(39)51(45)77-53)25-31-69(47)35-37-3-4-37)56-71-55(61(79-56,42-11-15-44(67)16-12-42)27-30-68-28-23-58(72,24-29-68)41-9-13-43(66)14-10-41)80-63(57(71)81-62)20-22-65(74)48-34-40-8-18-46(76-2)52-50(40)60(65,54(63)78-52)26-32-70(48)36-38-5-6-38/h7-18,37-38,47-48,53-57,72-74H,3-6,19-36H2,1-2H3/t47-,48-,53-,54-,55?,56?,57?,59+,60+,61?,62+,63+,64-,65-/m1/s1. The van der Waals surface area contributed by atoms with Crippen LogP contribution in [0.4, 0.5) is 4.39 Å². The minimum Gasteiger partial charge on any atom is -0.493 e. The van der Waals surface area contributed by atoms with Crippen molar-refractivity contribution in [3.63, 3.8) is 0 Å². The summed E-state index contributed by atoms with van der Waals surface area (Å²) in [6.45, 7) is 5.51. The molecule has 14 atom stereocenters. The Labute approximate surface area is 477 Å². The van der Waals surface area contributed by atoms with E-state index in [0.717, 1.165) is 61.3 Å². The number of methoxy groups -OCH3 is 2. The first-order valence-electron chi connectivity index (χ1n) is 30.7. The van der Waals surface area contributed by atoms with E-state index in [4.69, 9.17) is 44.8 Å². The molecule has 4 aromatic rings. The van der Waals surface area contributed by atoms with E-state index in [0.29, 0.717) is 117 Å². The summed E-state index contributed by atoms with van der Waals surface area (Å²) in [5.41, 5.74) is -2.37. The zero-order chi connectivity index (χ0) is 54.4. The van der Waals surface area contributed by atoms with E-state index in [2.05, 4.69) is 31.7 Å². The summed E-state index contributed by atoms with van der Waals surface area (Å²) < 4.78 is 68.0. The molecule has 428 valence electrons. The summed E-state index contributed by atoms with van der Waals surface area (Å²) >= 11 is 6.31. The third kappa shape index (κ3) is 6.18. The van der Waals surface area contributed by atoms with Crippen molar-refractivity contribution in [2.45, 2.75) is 184 Å². The molecular formula is C65H74ClFN4O10. The van der Waals surface area contributed by atoms with Crippen molar-refractivity contribution < 1.29 is 52.9 Å². The second-order valence-electron chi connectivity index (χ2n) is 27.7. The fourth-order valence-electron chi connectivity index (χ4n) is 20.2. The predicted octanol–water partition coefficient (Wildman–Crippen LogP) is 7.44. The SMILES string of the molecule is COc1ccc2c3c1O[C@@H]1[C@]34CCN(CC3CC3)[C@H](C2)[C@]4(O)CC[C@]12OC1N3C2O[C@]2(CC[C@@]4(O)[C@H]5Cc6ccc(OC)c7c6[C@@]4(CCN5CC4CC4)[C@H]2O7)C3OC1(CCN1CCC(O)(c2ccc(Cl)cc2)CC1)c1ccc(F)cc1. The van der Waals surface area contributed by atoms with Gasteiger partial charge < -0.3 is 53.4 Å². The first-order valence-corrected chi connectivity index (χ1v) is 31.1. The smallest absolute Gasteiger partial charge is 0.166 e. The van der Waals surface area contributed by atoms with Crippen molar-refractivity contribution in [2.24, 2.45) is 11.8 Å². The fourth-order valence-corrected chi connectivity index (χ4v) is 20.4. The van der Waals surface area contributed by atoms with E-state index in [1.807, 2.05) is 48.5 Å². The highest BCUT2D eigenvalue weighted by molar-refractivity contribution is 6.30. The Balaban J connectivity index is 0.801. The summed E-state index contributed by atoms with van der Waals surface area (Å²) in [7, 11) is 3.41. The van der Waals surface area contributed by atoms with Crippen molar-refractivity contribution in [1.82, 2.24) is 19.6 Å². The van der Waals surface area contributed by atoms with Gasteiger partial charge in [-0.1, -0.05) is 48.0 Å². The van der Waals surface area contributed by atoms with Crippen molar-refractivity contribution in [2.75, 3.05) is 60.0 Å². The Morgan fingerprint density at radius 3 is 1.60 bits per heavy atom. The van der Waals surface area contributed by atoms with Crippen molar-refractivity contribution in [1.29, 1.82) is 0 Å². The average molecular weight is 1130 g/mol. The first-order chi connectivity index (χ1) is 39.2. The van der Waals surface area contributed by atoms with E-state index >= 15 is 4.39 Å². The van der Waals surface area contributed by atoms with Crippen LogP contribution < -0.4 is 18.9 Å². The molecule has 0 amide bonds. The number of likely N-dealkylation sites (tertiary alicyclic amines) is 3. The van der Waals surface area contributed by atoms with Gasteiger partial charge in [-0.05, 0) is 180 Å². The summed E-state index contributed by atoms with van der Waals surface area (Å²) in [4.78, 5) is 10.0. The van der Waals surface area contributed by atoms with Gasteiger partial charge in [-0.15, -0.1) is 0 Å². The molecule has 81 heavy (non-hydrogen) atoms. The Hall–Kier alpha value is -4.10. The number of aliphatic hydroxyl groups is 3. The summed E-state index contributed by atoms with van der Waals surface area (Å²) in [6, 6.07) is 22.7. The van der Waals surface area contributed by atoms with Gasteiger partial charge in [0.05, 0.1) is 41.9 Å². The van der Waals surface area contributed by atoms with Crippen LogP contribution in [0.5, 0.6) is 23.0 Å². The fraction of sp³-hybridized carbons (Fsp3) is 0.631. The van der Waals surface area contributed by atoms with Gasteiger partial charge in [0.1, 0.15) is 53.5 Å². The lowest BCUT2D eigenvalue weighted by Gasteiger charge is -2.66. The Morgan fingerprint density at radius 1 is 0.580 bits per heavy atom. The number of piperidine rings is 3. The Morgan fingerprint density at radius 2 is 1.09 bits per heavy atom. The van der Waals surface area contributed by atoms with E-state index in [9.17, 15) is 15.3 Å². The van der Waals surface area contributed by atoms with Gasteiger partial charge in [0.25, 0.3) is 0 Å². The maximum Gasteiger partial charge on any atom is 0.166 e. The zero-order valence-corrected chi connectivity index (χ0v) is 47.2. The van der Waals surface area contributed by atoms with Gasteiger partial charge in [-0.25, -0.2) is 9.29 Å². The van der Waals surface area contributed by atoms with Crippen LogP contribution in [-0.2, 0) is 49.1 Å². The van der Waals surface area contributed by atoms with Crippen LogP contribution in [0.2, 0.25) is 5.02 Å². The number of nitrogens with zero attached hydrogens (tertiary/aromatic N) is 4. The predicted molar refractivity (Wildman–Crippen MR) is 295 cm³/mol. The largest absolute Gasteiger partial charge is 0.493 e. The molecule has 4 spiro atoms. The maximum atomic E-state index is 15.5. The molecule has 8 aliphatic heterocycles. The lowest BCUT2D eigenvalue weighted by Crippen LogP contribution is -2.81.